The Labute approximate surface area is 169 Å². The molecule has 29 heavy (non-hydrogen) atoms. The summed E-state index contributed by atoms with van der Waals surface area (Å²) in [5.41, 5.74) is 0.607. The zero-order valence-electron chi connectivity index (χ0n) is 16.0. The molecule has 0 spiro atoms. The third kappa shape index (κ3) is 3.88. The molecule has 1 amide bonds. The number of anilines is 1. The average Bonchev–Trinajstić information content (AvgIpc) is 3.17. The maximum atomic E-state index is 13.1. The van der Waals surface area contributed by atoms with Crippen molar-refractivity contribution in [3.63, 3.8) is 0 Å². The SMILES string of the molecule is CCN(C[C@H]1COc2ccccc2O1)S(=O)(=O)c1ccc(N2CCOC2=O)cc1. The van der Waals surface area contributed by atoms with E-state index in [1.807, 2.05) is 18.2 Å². The normalized spacial score (nSPS) is 18.8. The van der Waals surface area contributed by atoms with Crippen LogP contribution in [0.15, 0.2) is 53.4 Å². The third-order valence-electron chi connectivity index (χ3n) is 4.87. The first-order valence-electron chi connectivity index (χ1n) is 9.42. The number of likely N-dealkylation sites (N-methyl/N-ethyl adjacent to an activating group) is 1. The van der Waals surface area contributed by atoms with Crippen molar-refractivity contribution in [1.82, 2.24) is 4.31 Å². The summed E-state index contributed by atoms with van der Waals surface area (Å²) >= 11 is 0. The summed E-state index contributed by atoms with van der Waals surface area (Å²) < 4.78 is 44.1. The molecule has 2 aromatic rings. The first-order valence-corrected chi connectivity index (χ1v) is 10.9. The molecule has 0 unspecified atom stereocenters. The molecule has 0 saturated carbocycles. The summed E-state index contributed by atoms with van der Waals surface area (Å²) in [6.45, 7) is 3.31. The topological polar surface area (TPSA) is 85.4 Å². The molecule has 2 aromatic carbocycles. The van der Waals surface area contributed by atoms with Gasteiger partial charge in [-0.3, -0.25) is 4.90 Å². The zero-order valence-corrected chi connectivity index (χ0v) is 16.8. The number of ether oxygens (including phenoxy) is 3. The second-order valence-electron chi connectivity index (χ2n) is 6.71. The Morgan fingerprint density at radius 2 is 1.79 bits per heavy atom. The number of amides is 1. The molecule has 0 bridgehead atoms. The Morgan fingerprint density at radius 3 is 2.45 bits per heavy atom. The molecular weight excluding hydrogens is 396 g/mol. The van der Waals surface area contributed by atoms with Crippen LogP contribution in [0.2, 0.25) is 0 Å². The molecule has 2 aliphatic rings. The van der Waals surface area contributed by atoms with Gasteiger partial charge in [0.05, 0.1) is 18.0 Å². The molecule has 0 aliphatic carbocycles. The van der Waals surface area contributed by atoms with Crippen molar-refractivity contribution in [2.75, 3.05) is 37.7 Å². The van der Waals surface area contributed by atoms with Gasteiger partial charge < -0.3 is 14.2 Å². The van der Waals surface area contributed by atoms with Gasteiger partial charge >= 0.3 is 6.09 Å². The Hall–Kier alpha value is -2.78. The summed E-state index contributed by atoms with van der Waals surface area (Å²) in [6.07, 6.45) is -0.830. The van der Waals surface area contributed by atoms with E-state index >= 15 is 0 Å². The highest BCUT2D eigenvalue weighted by atomic mass is 32.2. The van der Waals surface area contributed by atoms with Crippen molar-refractivity contribution < 1.29 is 27.4 Å². The number of rotatable bonds is 6. The number of benzene rings is 2. The van der Waals surface area contributed by atoms with E-state index in [1.165, 1.54) is 21.3 Å². The number of fused-ring (bicyclic) bond motifs is 1. The Bertz CT molecular complexity index is 992. The quantitative estimate of drug-likeness (QED) is 0.717. The van der Waals surface area contributed by atoms with Crippen LogP contribution in [0.4, 0.5) is 10.5 Å². The molecule has 0 N–H and O–H groups in total. The molecule has 0 radical (unpaired) electrons. The molecular formula is C20H22N2O6S. The molecule has 0 aromatic heterocycles. The summed E-state index contributed by atoms with van der Waals surface area (Å²) in [5.74, 6) is 1.27. The lowest BCUT2D eigenvalue weighted by molar-refractivity contribution is 0.0771. The van der Waals surface area contributed by atoms with E-state index in [4.69, 9.17) is 14.2 Å². The largest absolute Gasteiger partial charge is 0.486 e. The predicted octanol–water partition coefficient (Wildman–Crippen LogP) is 2.49. The molecule has 154 valence electrons. The summed E-state index contributed by atoms with van der Waals surface area (Å²) in [5, 5.41) is 0. The maximum Gasteiger partial charge on any atom is 0.414 e. The van der Waals surface area contributed by atoms with E-state index in [2.05, 4.69) is 0 Å². The van der Waals surface area contributed by atoms with Gasteiger partial charge in [-0.15, -0.1) is 0 Å². The van der Waals surface area contributed by atoms with Gasteiger partial charge in [-0.25, -0.2) is 13.2 Å². The van der Waals surface area contributed by atoms with Gasteiger partial charge in [0, 0.05) is 12.2 Å². The molecule has 1 fully saturated rings. The van der Waals surface area contributed by atoms with Crippen LogP contribution < -0.4 is 14.4 Å². The number of hydrogen-bond acceptors (Lipinski definition) is 6. The van der Waals surface area contributed by atoms with Gasteiger partial charge in [0.25, 0.3) is 0 Å². The standard InChI is InChI=1S/C20H22N2O6S/c1-2-21(13-16-14-27-18-5-3-4-6-19(18)28-16)29(24,25)17-9-7-15(8-10-17)22-11-12-26-20(22)23/h3-10,16H,2,11-14H2,1H3/t16-/m0/s1. The van der Waals surface area contributed by atoms with E-state index in [-0.39, 0.29) is 18.0 Å². The lowest BCUT2D eigenvalue weighted by atomic mass is 10.2. The van der Waals surface area contributed by atoms with E-state index in [0.717, 1.165) is 0 Å². The minimum atomic E-state index is -3.72. The highest BCUT2D eigenvalue weighted by Crippen LogP contribution is 2.31. The molecule has 2 heterocycles. The first-order chi connectivity index (χ1) is 14.0. The van der Waals surface area contributed by atoms with Crippen LogP contribution >= 0.6 is 0 Å². The highest BCUT2D eigenvalue weighted by molar-refractivity contribution is 7.89. The molecule has 1 saturated heterocycles. The third-order valence-corrected chi connectivity index (χ3v) is 6.83. The molecule has 1 atom stereocenters. The predicted molar refractivity (Wildman–Crippen MR) is 106 cm³/mol. The lowest BCUT2D eigenvalue weighted by Gasteiger charge is -2.30. The molecule has 9 heteroatoms. The van der Waals surface area contributed by atoms with Gasteiger partial charge in [-0.2, -0.15) is 4.31 Å². The highest BCUT2D eigenvalue weighted by Gasteiger charge is 2.30. The number of carbonyl (C=O) groups excluding carboxylic acids is 1. The van der Waals surface area contributed by atoms with Gasteiger partial charge in [0.2, 0.25) is 10.0 Å². The summed E-state index contributed by atoms with van der Waals surface area (Å²) in [6, 6.07) is 13.6. The fourth-order valence-electron chi connectivity index (χ4n) is 3.35. The molecule has 4 rings (SSSR count). The number of carbonyl (C=O) groups is 1. The average molecular weight is 418 g/mol. The van der Waals surface area contributed by atoms with Crippen LogP contribution in [0.5, 0.6) is 11.5 Å². The lowest BCUT2D eigenvalue weighted by Crippen LogP contribution is -2.43. The van der Waals surface area contributed by atoms with E-state index < -0.39 is 22.2 Å². The van der Waals surface area contributed by atoms with E-state index in [1.54, 1.807) is 25.1 Å². The van der Waals surface area contributed by atoms with Gasteiger partial charge in [0.1, 0.15) is 19.3 Å². The fraction of sp³-hybridized carbons (Fsp3) is 0.350. The summed E-state index contributed by atoms with van der Waals surface area (Å²) in [7, 11) is -3.72. The maximum absolute atomic E-state index is 13.1. The van der Waals surface area contributed by atoms with E-state index in [9.17, 15) is 13.2 Å². The van der Waals surface area contributed by atoms with E-state index in [0.29, 0.717) is 36.9 Å². The molecule has 2 aliphatic heterocycles. The number of hydrogen-bond donors (Lipinski definition) is 0. The van der Waals surface area contributed by atoms with Crippen molar-refractivity contribution in [3.05, 3.63) is 48.5 Å². The fourth-order valence-corrected chi connectivity index (χ4v) is 4.83. The van der Waals surface area contributed by atoms with Crippen molar-refractivity contribution in [2.45, 2.75) is 17.9 Å². The summed E-state index contributed by atoms with van der Waals surface area (Å²) in [4.78, 5) is 13.3. The smallest absolute Gasteiger partial charge is 0.414 e. The second kappa shape index (κ2) is 7.92. The molecule has 8 nitrogen and oxygen atoms in total. The van der Waals surface area contributed by atoms with Crippen molar-refractivity contribution in [3.8, 4) is 11.5 Å². The van der Waals surface area contributed by atoms with Crippen LogP contribution in [0.3, 0.4) is 0 Å². The van der Waals surface area contributed by atoms with Crippen molar-refractivity contribution >= 4 is 21.8 Å². The van der Waals surface area contributed by atoms with Gasteiger partial charge in [0.15, 0.2) is 11.5 Å². The van der Waals surface area contributed by atoms with Crippen molar-refractivity contribution in [2.24, 2.45) is 0 Å². The Kier molecular flexibility index (Phi) is 5.33. The zero-order chi connectivity index (χ0) is 20.4. The second-order valence-corrected chi connectivity index (χ2v) is 8.65. The van der Waals surface area contributed by atoms with Crippen molar-refractivity contribution in [1.29, 1.82) is 0 Å². The Balaban J connectivity index is 1.48. The minimum absolute atomic E-state index is 0.160. The monoisotopic (exact) mass is 418 g/mol. The minimum Gasteiger partial charge on any atom is -0.486 e. The number of nitrogens with zero attached hydrogens (tertiary/aromatic N) is 2. The first kappa shape index (κ1) is 19.5. The van der Waals surface area contributed by atoms with Crippen LogP contribution in [0.25, 0.3) is 0 Å². The number of cyclic esters (lactones) is 1. The van der Waals surface area contributed by atoms with Gasteiger partial charge in [-0.1, -0.05) is 19.1 Å². The van der Waals surface area contributed by atoms with Gasteiger partial charge in [-0.05, 0) is 36.4 Å². The van der Waals surface area contributed by atoms with Crippen LogP contribution in [0.1, 0.15) is 6.92 Å². The van der Waals surface area contributed by atoms with Crippen LogP contribution in [-0.2, 0) is 14.8 Å². The number of sulfonamides is 1. The Morgan fingerprint density at radius 1 is 1.07 bits per heavy atom. The van der Waals surface area contributed by atoms with Crippen LogP contribution in [-0.4, -0.2) is 57.8 Å². The number of para-hydroxylation sites is 2. The van der Waals surface area contributed by atoms with Crippen LogP contribution in [0, 0.1) is 0 Å².